The van der Waals surface area contributed by atoms with Gasteiger partial charge in [0.1, 0.15) is 0 Å². The van der Waals surface area contributed by atoms with Crippen molar-refractivity contribution in [1.29, 1.82) is 0 Å². The second kappa shape index (κ2) is 8.28. The molecule has 18 heavy (non-hydrogen) atoms. The maximum Gasteiger partial charge on any atom is 0.0488 e. The van der Waals surface area contributed by atoms with E-state index >= 15 is 0 Å². The summed E-state index contributed by atoms with van der Waals surface area (Å²) >= 11 is 0. The third-order valence-electron chi connectivity index (χ3n) is 3.21. The Bertz CT molecular complexity index is 320. The molecule has 0 radical (unpaired) electrons. The fourth-order valence-electron chi connectivity index (χ4n) is 2.21. The molecule has 2 atom stereocenters. The van der Waals surface area contributed by atoms with Gasteiger partial charge in [-0.05, 0) is 37.8 Å². The van der Waals surface area contributed by atoms with Crippen LogP contribution in [0.3, 0.4) is 0 Å². The van der Waals surface area contributed by atoms with Crippen LogP contribution in [0.15, 0.2) is 24.3 Å². The van der Waals surface area contributed by atoms with E-state index in [1.54, 1.807) is 7.11 Å². The van der Waals surface area contributed by atoms with Crippen LogP contribution in [-0.2, 0) is 4.74 Å². The predicted octanol–water partition coefficient (Wildman–Crippen LogP) is 3.71. The van der Waals surface area contributed by atoms with Crippen LogP contribution in [0.1, 0.15) is 43.9 Å². The van der Waals surface area contributed by atoms with Gasteiger partial charge in [0.15, 0.2) is 0 Å². The first kappa shape index (κ1) is 15.2. The summed E-state index contributed by atoms with van der Waals surface area (Å²) < 4.78 is 5.24. The summed E-state index contributed by atoms with van der Waals surface area (Å²) in [5.41, 5.74) is 2.70. The number of rotatable bonds is 8. The highest BCUT2D eigenvalue weighted by Crippen LogP contribution is 2.22. The van der Waals surface area contributed by atoms with E-state index in [1.165, 1.54) is 17.5 Å². The molecule has 1 aromatic carbocycles. The number of aryl methyl sites for hydroxylation is 1. The number of methoxy groups -OCH3 is 1. The maximum atomic E-state index is 5.24. The Labute approximate surface area is 112 Å². The molecule has 1 N–H and O–H groups in total. The summed E-state index contributed by atoms with van der Waals surface area (Å²) in [4.78, 5) is 0. The number of ether oxygens (including phenoxy) is 1. The Morgan fingerprint density at radius 1 is 1.22 bits per heavy atom. The van der Waals surface area contributed by atoms with E-state index in [4.69, 9.17) is 4.74 Å². The van der Waals surface area contributed by atoms with Gasteiger partial charge in [-0.2, -0.15) is 0 Å². The van der Waals surface area contributed by atoms with Gasteiger partial charge < -0.3 is 10.1 Å². The van der Waals surface area contributed by atoms with Gasteiger partial charge >= 0.3 is 0 Å². The Hall–Kier alpha value is -0.860. The van der Waals surface area contributed by atoms with Gasteiger partial charge in [0.25, 0.3) is 0 Å². The molecule has 0 aliphatic heterocycles. The number of hydrogen-bond acceptors (Lipinski definition) is 2. The number of benzene rings is 1. The Morgan fingerprint density at radius 3 is 2.44 bits per heavy atom. The van der Waals surface area contributed by atoms with Crippen LogP contribution in [-0.4, -0.2) is 20.3 Å². The van der Waals surface area contributed by atoms with E-state index in [1.807, 2.05) is 0 Å². The normalized spacial score (nSPS) is 14.4. The molecular weight excluding hydrogens is 222 g/mol. The third kappa shape index (κ3) is 5.19. The lowest BCUT2D eigenvalue weighted by atomic mass is 9.95. The van der Waals surface area contributed by atoms with Gasteiger partial charge in [0, 0.05) is 19.8 Å². The summed E-state index contributed by atoms with van der Waals surface area (Å²) in [6.45, 7) is 8.48. The molecule has 0 fully saturated rings. The summed E-state index contributed by atoms with van der Waals surface area (Å²) in [7, 11) is 1.77. The van der Waals surface area contributed by atoms with Gasteiger partial charge in [-0.15, -0.1) is 0 Å². The van der Waals surface area contributed by atoms with Crippen LogP contribution in [0, 0.1) is 12.8 Å². The molecular formula is C16H27NO. The summed E-state index contributed by atoms with van der Waals surface area (Å²) in [6, 6.07) is 9.30. The standard InChI is InChI=1S/C16H27NO/c1-5-10-17-16(11-14(3)12-18-4)15-8-6-13(2)7-9-15/h6-9,14,16-17H,5,10-12H2,1-4H3. The Morgan fingerprint density at radius 2 is 1.89 bits per heavy atom. The lowest BCUT2D eigenvalue weighted by molar-refractivity contribution is 0.149. The fourth-order valence-corrected chi connectivity index (χ4v) is 2.21. The first-order chi connectivity index (χ1) is 8.67. The van der Waals surface area contributed by atoms with E-state index in [0.29, 0.717) is 12.0 Å². The molecule has 1 rings (SSSR count). The van der Waals surface area contributed by atoms with Crippen molar-refractivity contribution >= 4 is 0 Å². The molecule has 0 saturated carbocycles. The van der Waals surface area contributed by atoms with Gasteiger partial charge in [0.05, 0.1) is 0 Å². The largest absolute Gasteiger partial charge is 0.384 e. The van der Waals surface area contributed by atoms with Gasteiger partial charge in [-0.25, -0.2) is 0 Å². The van der Waals surface area contributed by atoms with Crippen LogP contribution >= 0.6 is 0 Å². The van der Waals surface area contributed by atoms with Crippen LogP contribution < -0.4 is 5.32 Å². The minimum absolute atomic E-state index is 0.440. The predicted molar refractivity (Wildman–Crippen MR) is 77.9 cm³/mol. The van der Waals surface area contributed by atoms with Crippen LogP contribution in [0.25, 0.3) is 0 Å². The quantitative estimate of drug-likeness (QED) is 0.758. The minimum atomic E-state index is 0.440. The molecule has 0 amide bonds. The highest BCUT2D eigenvalue weighted by molar-refractivity contribution is 5.24. The van der Waals surface area contributed by atoms with Gasteiger partial charge in [-0.3, -0.25) is 0 Å². The third-order valence-corrected chi connectivity index (χ3v) is 3.21. The average molecular weight is 249 g/mol. The molecule has 0 heterocycles. The van der Waals surface area contributed by atoms with Crippen molar-refractivity contribution in [2.24, 2.45) is 5.92 Å². The molecule has 0 bridgehead atoms. The summed E-state index contributed by atoms with van der Waals surface area (Å²) in [5.74, 6) is 0.575. The minimum Gasteiger partial charge on any atom is -0.384 e. The van der Waals surface area contributed by atoms with E-state index in [-0.39, 0.29) is 0 Å². The molecule has 0 spiro atoms. The van der Waals surface area contributed by atoms with Crippen LogP contribution in [0.5, 0.6) is 0 Å². The number of hydrogen-bond donors (Lipinski definition) is 1. The molecule has 2 unspecified atom stereocenters. The Kier molecular flexibility index (Phi) is 6.99. The highest BCUT2D eigenvalue weighted by atomic mass is 16.5. The summed E-state index contributed by atoms with van der Waals surface area (Å²) in [5, 5.41) is 3.64. The maximum absolute atomic E-state index is 5.24. The van der Waals surface area contributed by atoms with Gasteiger partial charge in [0.2, 0.25) is 0 Å². The van der Waals surface area contributed by atoms with E-state index in [0.717, 1.165) is 19.6 Å². The van der Waals surface area contributed by atoms with E-state index < -0.39 is 0 Å². The Balaban J connectivity index is 2.67. The van der Waals surface area contributed by atoms with Crippen molar-refractivity contribution in [3.8, 4) is 0 Å². The van der Waals surface area contributed by atoms with E-state index in [9.17, 15) is 0 Å². The lowest BCUT2D eigenvalue weighted by Gasteiger charge is -2.22. The monoisotopic (exact) mass is 249 g/mol. The SMILES string of the molecule is CCCNC(CC(C)COC)c1ccc(C)cc1. The van der Waals surface area contributed by atoms with Gasteiger partial charge in [-0.1, -0.05) is 43.7 Å². The molecule has 0 aliphatic carbocycles. The summed E-state index contributed by atoms with van der Waals surface area (Å²) in [6.07, 6.45) is 2.29. The molecule has 0 saturated heterocycles. The van der Waals surface area contributed by atoms with E-state index in [2.05, 4.69) is 50.4 Å². The average Bonchev–Trinajstić information content (AvgIpc) is 2.36. The first-order valence-electron chi connectivity index (χ1n) is 6.96. The van der Waals surface area contributed by atoms with Crippen molar-refractivity contribution in [1.82, 2.24) is 5.32 Å². The zero-order valence-electron chi connectivity index (χ0n) is 12.2. The molecule has 2 nitrogen and oxygen atoms in total. The van der Waals surface area contributed by atoms with Crippen molar-refractivity contribution in [3.05, 3.63) is 35.4 Å². The van der Waals surface area contributed by atoms with Crippen molar-refractivity contribution in [3.63, 3.8) is 0 Å². The first-order valence-corrected chi connectivity index (χ1v) is 6.96. The van der Waals surface area contributed by atoms with Crippen LogP contribution in [0.4, 0.5) is 0 Å². The zero-order chi connectivity index (χ0) is 13.4. The topological polar surface area (TPSA) is 21.3 Å². The highest BCUT2D eigenvalue weighted by Gasteiger charge is 2.14. The fraction of sp³-hybridized carbons (Fsp3) is 0.625. The van der Waals surface area contributed by atoms with Crippen molar-refractivity contribution in [2.75, 3.05) is 20.3 Å². The van der Waals surface area contributed by atoms with Crippen LogP contribution in [0.2, 0.25) is 0 Å². The lowest BCUT2D eigenvalue weighted by Crippen LogP contribution is -2.25. The molecule has 1 aromatic rings. The second-order valence-corrected chi connectivity index (χ2v) is 5.21. The van der Waals surface area contributed by atoms with Crippen molar-refractivity contribution < 1.29 is 4.74 Å². The smallest absolute Gasteiger partial charge is 0.0488 e. The second-order valence-electron chi connectivity index (χ2n) is 5.21. The molecule has 102 valence electrons. The molecule has 0 aromatic heterocycles. The molecule has 2 heteroatoms. The molecule has 0 aliphatic rings. The van der Waals surface area contributed by atoms with Crippen molar-refractivity contribution in [2.45, 2.75) is 39.7 Å². The number of nitrogens with one attached hydrogen (secondary N) is 1. The zero-order valence-corrected chi connectivity index (χ0v) is 12.2.